The Morgan fingerprint density at radius 1 is 1.13 bits per heavy atom. The predicted molar refractivity (Wildman–Crippen MR) is 113 cm³/mol. The lowest BCUT2D eigenvalue weighted by Crippen LogP contribution is -2.40. The highest BCUT2D eigenvalue weighted by molar-refractivity contribution is 5.91. The summed E-state index contributed by atoms with van der Waals surface area (Å²) in [5, 5.41) is 3.34. The molecule has 2 aromatic carbocycles. The van der Waals surface area contributed by atoms with E-state index in [1.165, 1.54) is 17.3 Å². The van der Waals surface area contributed by atoms with E-state index in [2.05, 4.69) is 10.3 Å². The third kappa shape index (κ3) is 3.30. The number of fused-ring (bicyclic) bond motifs is 2. The van der Waals surface area contributed by atoms with Crippen LogP contribution in [0.25, 0.3) is 10.9 Å². The molecule has 0 atom stereocenters. The molecule has 1 amide bonds. The van der Waals surface area contributed by atoms with Crippen molar-refractivity contribution in [1.29, 1.82) is 0 Å². The number of hydrogen-bond acceptors (Lipinski definition) is 5. The van der Waals surface area contributed by atoms with Crippen LogP contribution >= 0.6 is 0 Å². The number of carbonyl (C=O) groups is 1. The van der Waals surface area contributed by atoms with Gasteiger partial charge in [0.1, 0.15) is 6.54 Å². The first-order chi connectivity index (χ1) is 14.5. The Morgan fingerprint density at radius 2 is 1.93 bits per heavy atom. The Balaban J connectivity index is 1.31. The van der Waals surface area contributed by atoms with Gasteiger partial charge in [0.05, 0.1) is 17.2 Å². The van der Waals surface area contributed by atoms with Crippen molar-refractivity contribution in [3.8, 4) is 11.5 Å². The minimum atomic E-state index is -0.550. The molecule has 0 unspecified atom stereocenters. The molecule has 1 aliphatic carbocycles. The summed E-state index contributed by atoms with van der Waals surface area (Å²) in [6, 6.07) is 10.8. The van der Waals surface area contributed by atoms with Crippen molar-refractivity contribution >= 4 is 22.5 Å². The normalized spacial score (nSPS) is 16.7. The summed E-state index contributed by atoms with van der Waals surface area (Å²) in [5.74, 6) is 0.498. The summed E-state index contributed by atoms with van der Waals surface area (Å²) in [5.41, 5.74) is 1.96. The molecule has 3 aromatic rings. The van der Waals surface area contributed by atoms with Crippen LogP contribution in [0.3, 0.4) is 0 Å². The van der Waals surface area contributed by atoms with Gasteiger partial charge in [-0.1, -0.05) is 18.6 Å². The van der Waals surface area contributed by atoms with E-state index in [4.69, 9.17) is 9.47 Å². The number of rotatable bonds is 3. The second-order valence-electron chi connectivity index (χ2n) is 8.03. The average molecular weight is 405 g/mol. The monoisotopic (exact) mass is 405 g/mol. The first-order valence-electron chi connectivity index (χ1n) is 10.3. The van der Waals surface area contributed by atoms with Crippen LogP contribution in [0.5, 0.6) is 11.5 Å². The highest BCUT2D eigenvalue weighted by atomic mass is 16.7. The highest BCUT2D eigenvalue weighted by Crippen LogP contribution is 2.46. The first-order valence-corrected chi connectivity index (χ1v) is 10.3. The van der Waals surface area contributed by atoms with Gasteiger partial charge in [-0.15, -0.1) is 0 Å². The molecule has 30 heavy (non-hydrogen) atoms. The molecule has 0 radical (unpaired) electrons. The lowest BCUT2D eigenvalue weighted by atomic mass is 9.94. The van der Waals surface area contributed by atoms with Crippen LogP contribution in [0.2, 0.25) is 0 Å². The van der Waals surface area contributed by atoms with Gasteiger partial charge in [-0.25, -0.2) is 4.98 Å². The molecule has 1 aromatic heterocycles. The third-order valence-electron chi connectivity index (χ3n) is 5.80. The molecule has 0 saturated heterocycles. The van der Waals surface area contributed by atoms with E-state index in [-0.39, 0.29) is 18.0 Å². The predicted octanol–water partition coefficient (Wildman–Crippen LogP) is 3.78. The maximum Gasteiger partial charge on any atom is 0.261 e. The van der Waals surface area contributed by atoms with E-state index >= 15 is 0 Å². The van der Waals surface area contributed by atoms with E-state index in [0.717, 1.165) is 31.2 Å². The number of aromatic nitrogens is 2. The summed E-state index contributed by atoms with van der Waals surface area (Å²) in [6.07, 6.45) is 6.55. The number of carbonyl (C=O) groups excluding carboxylic acids is 1. The second-order valence-corrected chi connectivity index (χ2v) is 8.03. The molecular weight excluding hydrogens is 382 g/mol. The van der Waals surface area contributed by atoms with Gasteiger partial charge >= 0.3 is 0 Å². The Labute approximate surface area is 173 Å². The minimum Gasteiger partial charge on any atom is -0.448 e. The number of nitrogens with one attached hydrogen (secondary N) is 1. The van der Waals surface area contributed by atoms with Gasteiger partial charge in [-0.3, -0.25) is 14.2 Å². The highest BCUT2D eigenvalue weighted by Gasteiger charge is 2.42. The molecule has 1 spiro atoms. The molecule has 154 valence electrons. The van der Waals surface area contributed by atoms with Gasteiger partial charge in [-0.05, 0) is 43.5 Å². The summed E-state index contributed by atoms with van der Waals surface area (Å²) in [6.45, 7) is 1.79. The van der Waals surface area contributed by atoms with Crippen LogP contribution in [0.4, 0.5) is 5.69 Å². The average Bonchev–Trinajstić information content (AvgIpc) is 3.07. The summed E-state index contributed by atoms with van der Waals surface area (Å²) in [7, 11) is 0. The van der Waals surface area contributed by atoms with Crippen molar-refractivity contribution in [2.75, 3.05) is 5.32 Å². The lowest BCUT2D eigenvalue weighted by molar-refractivity contribution is -0.116. The topological polar surface area (TPSA) is 82.5 Å². The fraction of sp³-hybridized carbons (Fsp3) is 0.348. The van der Waals surface area contributed by atoms with Crippen LogP contribution in [-0.2, 0) is 11.3 Å². The van der Waals surface area contributed by atoms with Crippen molar-refractivity contribution in [2.24, 2.45) is 0 Å². The van der Waals surface area contributed by atoms with Crippen LogP contribution < -0.4 is 20.3 Å². The van der Waals surface area contributed by atoms with Crippen LogP contribution in [0.1, 0.15) is 37.7 Å². The standard InChI is InChI=1S/C23H23N3O4/c1-15-6-5-7-17-21(15)24-14-26(22(17)28)13-20(27)25-16-8-9-18-19(12-16)30-23(29-18)10-3-2-4-11-23/h5-9,12,14H,2-4,10-11,13H2,1H3,(H,25,27). The molecule has 1 aliphatic heterocycles. The second kappa shape index (κ2) is 7.16. The van der Waals surface area contributed by atoms with Gasteiger partial charge in [-0.2, -0.15) is 0 Å². The Hall–Kier alpha value is -3.35. The first kappa shape index (κ1) is 18.7. The molecule has 5 rings (SSSR count). The molecule has 2 heterocycles. The van der Waals surface area contributed by atoms with E-state index < -0.39 is 5.79 Å². The third-order valence-corrected chi connectivity index (χ3v) is 5.80. The number of nitrogens with zero attached hydrogens (tertiary/aromatic N) is 2. The molecule has 0 bridgehead atoms. The van der Waals surface area contributed by atoms with Gasteiger partial charge in [0.2, 0.25) is 5.91 Å². The molecule has 1 fully saturated rings. The molecular formula is C23H23N3O4. The van der Waals surface area contributed by atoms with E-state index in [1.807, 2.05) is 25.1 Å². The maximum atomic E-state index is 12.7. The van der Waals surface area contributed by atoms with E-state index in [1.54, 1.807) is 18.2 Å². The Bertz CT molecular complexity index is 1190. The largest absolute Gasteiger partial charge is 0.448 e. The molecule has 2 aliphatic rings. The molecule has 7 nitrogen and oxygen atoms in total. The molecule has 1 N–H and O–H groups in total. The quantitative estimate of drug-likeness (QED) is 0.717. The number of amides is 1. The molecule has 7 heteroatoms. The van der Waals surface area contributed by atoms with Crippen molar-refractivity contribution in [3.63, 3.8) is 0 Å². The van der Waals surface area contributed by atoms with Gasteiger partial charge in [0, 0.05) is 24.6 Å². The number of hydrogen-bond donors (Lipinski definition) is 1. The van der Waals surface area contributed by atoms with Crippen LogP contribution in [-0.4, -0.2) is 21.2 Å². The lowest BCUT2D eigenvalue weighted by Gasteiger charge is -2.31. The van der Waals surface area contributed by atoms with Crippen molar-refractivity contribution in [3.05, 3.63) is 58.6 Å². The summed E-state index contributed by atoms with van der Waals surface area (Å²) >= 11 is 0. The number of ether oxygens (including phenoxy) is 2. The maximum absolute atomic E-state index is 12.7. The SMILES string of the molecule is Cc1cccc2c(=O)n(CC(=O)Nc3ccc4c(c3)OC3(CCCCC3)O4)cnc12. The Morgan fingerprint density at radius 3 is 2.77 bits per heavy atom. The van der Waals surface area contributed by atoms with Gasteiger partial charge in [0.25, 0.3) is 11.3 Å². The van der Waals surface area contributed by atoms with Gasteiger partial charge in [0.15, 0.2) is 11.5 Å². The number of benzene rings is 2. The summed E-state index contributed by atoms with van der Waals surface area (Å²) < 4.78 is 13.5. The van der Waals surface area contributed by atoms with Gasteiger partial charge < -0.3 is 14.8 Å². The fourth-order valence-electron chi connectivity index (χ4n) is 4.27. The minimum absolute atomic E-state index is 0.117. The zero-order chi connectivity index (χ0) is 20.7. The Kier molecular flexibility index (Phi) is 4.46. The van der Waals surface area contributed by atoms with Crippen molar-refractivity contribution < 1.29 is 14.3 Å². The number of para-hydroxylation sites is 1. The smallest absolute Gasteiger partial charge is 0.261 e. The van der Waals surface area contributed by atoms with Crippen molar-refractivity contribution in [2.45, 2.75) is 51.4 Å². The molecule has 1 saturated carbocycles. The number of anilines is 1. The van der Waals surface area contributed by atoms with E-state index in [9.17, 15) is 9.59 Å². The zero-order valence-electron chi connectivity index (χ0n) is 16.8. The van der Waals surface area contributed by atoms with Crippen LogP contribution in [0, 0.1) is 6.92 Å². The summed E-state index contributed by atoms with van der Waals surface area (Å²) in [4.78, 5) is 29.6. The fourth-order valence-corrected chi connectivity index (χ4v) is 4.27. The van der Waals surface area contributed by atoms with E-state index in [0.29, 0.717) is 28.1 Å². The number of aryl methyl sites for hydroxylation is 1. The van der Waals surface area contributed by atoms with Crippen molar-refractivity contribution in [1.82, 2.24) is 9.55 Å². The zero-order valence-corrected chi connectivity index (χ0v) is 16.8. The van der Waals surface area contributed by atoms with Crippen LogP contribution in [0.15, 0.2) is 47.5 Å².